The number of carbonyl (C=O) groups excluding carboxylic acids is 2. The fourth-order valence-electron chi connectivity index (χ4n) is 2.09. The first-order chi connectivity index (χ1) is 9.49. The van der Waals surface area contributed by atoms with Crippen molar-refractivity contribution in [2.24, 2.45) is 0 Å². The molecule has 0 aliphatic carbocycles. The number of ether oxygens (including phenoxy) is 1. The van der Waals surface area contributed by atoms with Crippen LogP contribution < -0.4 is 0 Å². The minimum absolute atomic E-state index is 0.0625. The Kier molecular flexibility index (Phi) is 6.52. The van der Waals surface area contributed by atoms with E-state index in [0.717, 1.165) is 0 Å². The largest absolute Gasteiger partial charge is 0.468 e. The van der Waals surface area contributed by atoms with Crippen LogP contribution in [0.25, 0.3) is 0 Å². The van der Waals surface area contributed by atoms with Crippen LogP contribution in [0.2, 0.25) is 0 Å². The molecule has 110 valence electrons. The summed E-state index contributed by atoms with van der Waals surface area (Å²) in [6.45, 7) is 4.46. The van der Waals surface area contributed by atoms with Crippen molar-refractivity contribution in [3.8, 4) is 0 Å². The second kappa shape index (κ2) is 7.90. The average molecular weight is 298 g/mol. The predicted molar refractivity (Wildman–Crippen MR) is 78.9 cm³/mol. The van der Waals surface area contributed by atoms with Gasteiger partial charge in [-0.1, -0.05) is 18.2 Å². The first-order valence-corrected chi connectivity index (χ1v) is 6.98. The summed E-state index contributed by atoms with van der Waals surface area (Å²) < 4.78 is 4.60. The smallest absolute Gasteiger partial charge is 0.325 e. The van der Waals surface area contributed by atoms with Crippen LogP contribution in [0.4, 0.5) is 0 Å². The van der Waals surface area contributed by atoms with Crippen molar-refractivity contribution in [1.29, 1.82) is 0 Å². The maximum Gasteiger partial charge on any atom is 0.325 e. The summed E-state index contributed by atoms with van der Waals surface area (Å²) in [7, 11) is 1.30. The van der Waals surface area contributed by atoms with Gasteiger partial charge in [-0.05, 0) is 37.0 Å². The molecule has 0 bridgehead atoms. The van der Waals surface area contributed by atoms with E-state index in [0.29, 0.717) is 13.0 Å². The highest BCUT2D eigenvalue weighted by Gasteiger charge is 2.17. The zero-order valence-corrected chi connectivity index (χ0v) is 12.9. The molecule has 0 aromatic heterocycles. The number of methoxy groups -OCH3 is 1. The molecule has 0 heterocycles. The summed E-state index contributed by atoms with van der Waals surface area (Å²) in [5.74, 6) is -0.836. The summed E-state index contributed by atoms with van der Waals surface area (Å²) in [4.78, 5) is 24.5. The molecule has 0 N–H and O–H groups in total. The summed E-state index contributed by atoms with van der Waals surface area (Å²) in [6.07, 6.45) is 0.693. The van der Waals surface area contributed by atoms with Gasteiger partial charge in [0.1, 0.15) is 12.4 Å². The zero-order chi connectivity index (χ0) is 15.1. The molecule has 0 unspecified atom stereocenters. The average Bonchev–Trinajstić information content (AvgIpc) is 2.44. The number of hydrogen-bond acceptors (Lipinski definition) is 3. The van der Waals surface area contributed by atoms with E-state index in [1.54, 1.807) is 0 Å². The van der Waals surface area contributed by atoms with Gasteiger partial charge in [0.2, 0.25) is 5.91 Å². The van der Waals surface area contributed by atoms with Gasteiger partial charge in [0.05, 0.1) is 7.11 Å². The highest BCUT2D eigenvalue weighted by atomic mass is 35.5. The first kappa shape index (κ1) is 16.5. The Morgan fingerprint density at radius 3 is 2.35 bits per heavy atom. The highest BCUT2D eigenvalue weighted by Crippen LogP contribution is 2.14. The molecule has 0 aliphatic heterocycles. The van der Waals surface area contributed by atoms with Crippen molar-refractivity contribution in [3.63, 3.8) is 0 Å². The monoisotopic (exact) mass is 297 g/mol. The van der Waals surface area contributed by atoms with E-state index in [9.17, 15) is 9.59 Å². The predicted octanol–water partition coefficient (Wildman–Crippen LogP) is 2.09. The molecule has 20 heavy (non-hydrogen) atoms. The summed E-state index contributed by atoms with van der Waals surface area (Å²) >= 11 is 5.57. The number of nitrogens with zero attached hydrogens (tertiary/aromatic N) is 1. The number of aryl methyl sites for hydroxylation is 2. The fourth-order valence-corrected chi connectivity index (χ4v) is 2.26. The van der Waals surface area contributed by atoms with Crippen molar-refractivity contribution < 1.29 is 14.3 Å². The van der Waals surface area contributed by atoms with Gasteiger partial charge >= 0.3 is 5.97 Å². The van der Waals surface area contributed by atoms with Crippen LogP contribution >= 0.6 is 11.6 Å². The van der Waals surface area contributed by atoms with E-state index in [1.807, 2.05) is 32.0 Å². The van der Waals surface area contributed by atoms with Gasteiger partial charge in [0.25, 0.3) is 0 Å². The number of benzene rings is 1. The second-order valence-electron chi connectivity index (χ2n) is 4.65. The lowest BCUT2D eigenvalue weighted by molar-refractivity contribution is -0.146. The highest BCUT2D eigenvalue weighted by molar-refractivity contribution is 6.27. The number of alkyl halides is 1. The molecular weight excluding hydrogens is 278 g/mol. The molecule has 1 rings (SSSR count). The van der Waals surface area contributed by atoms with E-state index < -0.39 is 5.97 Å². The molecule has 0 fully saturated rings. The molecule has 0 radical (unpaired) electrons. The maximum atomic E-state index is 11.7. The van der Waals surface area contributed by atoms with Crippen LogP contribution in [0.5, 0.6) is 0 Å². The molecule has 4 nitrogen and oxygen atoms in total. The Hall–Kier alpha value is -1.55. The van der Waals surface area contributed by atoms with E-state index in [1.165, 1.54) is 28.7 Å². The molecule has 0 atom stereocenters. The van der Waals surface area contributed by atoms with Crippen LogP contribution in [0.1, 0.15) is 16.7 Å². The lowest BCUT2D eigenvalue weighted by atomic mass is 10.00. The number of esters is 1. The van der Waals surface area contributed by atoms with Gasteiger partial charge in [0.15, 0.2) is 0 Å². The Labute approximate surface area is 124 Å². The van der Waals surface area contributed by atoms with Gasteiger partial charge in [-0.15, -0.1) is 11.6 Å². The maximum absolute atomic E-state index is 11.7. The number of amides is 1. The summed E-state index contributed by atoms with van der Waals surface area (Å²) in [5, 5.41) is 0. The molecule has 1 aromatic carbocycles. The van der Waals surface area contributed by atoms with E-state index in [2.05, 4.69) is 4.74 Å². The normalized spacial score (nSPS) is 10.2. The van der Waals surface area contributed by atoms with Gasteiger partial charge in [-0.3, -0.25) is 9.59 Å². The Balaban J connectivity index is 2.75. The first-order valence-electron chi connectivity index (χ1n) is 6.45. The number of halogens is 1. The zero-order valence-electron chi connectivity index (χ0n) is 12.1. The quantitative estimate of drug-likeness (QED) is 0.597. The second-order valence-corrected chi connectivity index (χ2v) is 4.91. The lowest BCUT2D eigenvalue weighted by Gasteiger charge is -2.21. The van der Waals surface area contributed by atoms with E-state index in [4.69, 9.17) is 11.6 Å². The number of rotatable bonds is 6. The molecule has 0 aliphatic rings. The van der Waals surface area contributed by atoms with Crippen molar-refractivity contribution in [2.45, 2.75) is 20.3 Å². The summed E-state index contributed by atoms with van der Waals surface area (Å²) in [5.41, 5.74) is 3.56. The number of carbonyl (C=O) groups is 2. The molecule has 1 amide bonds. The molecule has 0 saturated heterocycles. The molecular formula is C15H20ClNO3. The van der Waals surface area contributed by atoms with Crippen LogP contribution in [0.3, 0.4) is 0 Å². The fraction of sp³-hybridized carbons (Fsp3) is 0.467. The van der Waals surface area contributed by atoms with E-state index in [-0.39, 0.29) is 18.3 Å². The van der Waals surface area contributed by atoms with E-state index >= 15 is 0 Å². The third kappa shape index (κ3) is 4.53. The molecule has 1 aromatic rings. The summed E-state index contributed by atoms with van der Waals surface area (Å²) in [6, 6.07) is 6.08. The Morgan fingerprint density at radius 1 is 1.25 bits per heavy atom. The minimum atomic E-state index is -0.440. The molecule has 5 heteroatoms. The number of hydrogen-bond donors (Lipinski definition) is 0. The van der Waals surface area contributed by atoms with Gasteiger partial charge in [-0.25, -0.2) is 0 Å². The van der Waals surface area contributed by atoms with Crippen molar-refractivity contribution in [1.82, 2.24) is 4.90 Å². The minimum Gasteiger partial charge on any atom is -0.468 e. The lowest BCUT2D eigenvalue weighted by Crippen LogP contribution is -2.38. The standard InChI is InChI=1S/C15H20ClNO3/c1-11-5-4-6-12(2)13(11)7-8-17(14(18)9-16)10-15(19)20-3/h4-6H,7-10H2,1-3H3. The van der Waals surface area contributed by atoms with Crippen LogP contribution in [-0.2, 0) is 20.7 Å². The Morgan fingerprint density at radius 2 is 1.85 bits per heavy atom. The third-order valence-electron chi connectivity index (χ3n) is 3.29. The van der Waals surface area contributed by atoms with Crippen LogP contribution in [-0.4, -0.2) is 42.9 Å². The van der Waals surface area contributed by atoms with Crippen LogP contribution in [0.15, 0.2) is 18.2 Å². The molecule has 0 spiro atoms. The van der Waals surface area contributed by atoms with Crippen molar-refractivity contribution in [3.05, 3.63) is 34.9 Å². The van der Waals surface area contributed by atoms with Gasteiger partial charge in [0, 0.05) is 6.54 Å². The van der Waals surface area contributed by atoms with Gasteiger partial charge < -0.3 is 9.64 Å². The Bertz CT molecular complexity index is 468. The SMILES string of the molecule is COC(=O)CN(CCc1c(C)cccc1C)C(=O)CCl. The van der Waals surface area contributed by atoms with Crippen molar-refractivity contribution >= 4 is 23.5 Å². The van der Waals surface area contributed by atoms with Gasteiger partial charge in [-0.2, -0.15) is 0 Å². The topological polar surface area (TPSA) is 46.6 Å². The van der Waals surface area contributed by atoms with Crippen molar-refractivity contribution in [2.75, 3.05) is 26.1 Å². The van der Waals surface area contributed by atoms with Crippen LogP contribution in [0, 0.1) is 13.8 Å². The third-order valence-corrected chi connectivity index (χ3v) is 3.52. The molecule has 0 saturated carbocycles.